The van der Waals surface area contributed by atoms with Gasteiger partial charge in [0, 0.05) is 11.8 Å². The predicted molar refractivity (Wildman–Crippen MR) is 49.6 cm³/mol. The highest BCUT2D eigenvalue weighted by Crippen LogP contribution is 2.01. The fourth-order valence-electron chi connectivity index (χ4n) is 1.38. The number of aromatic nitrogens is 4. The summed E-state index contributed by atoms with van der Waals surface area (Å²) in [5.41, 5.74) is 0.226. The van der Waals surface area contributed by atoms with Gasteiger partial charge in [-0.25, -0.2) is 0 Å². The van der Waals surface area contributed by atoms with E-state index >= 15 is 0 Å². The molecule has 7 heteroatoms. The van der Waals surface area contributed by atoms with Crippen molar-refractivity contribution in [3.63, 3.8) is 0 Å². The Bertz CT molecular complexity index is 583. The van der Waals surface area contributed by atoms with Crippen LogP contribution in [-0.2, 0) is 11.3 Å². The largest absolute Gasteiger partial charge is 0.480 e. The van der Waals surface area contributed by atoms with Crippen LogP contribution in [0.4, 0.5) is 0 Å². The molecule has 0 unspecified atom stereocenters. The van der Waals surface area contributed by atoms with Crippen molar-refractivity contribution in [1.29, 1.82) is 0 Å². The molecule has 2 rings (SSSR count). The van der Waals surface area contributed by atoms with Crippen LogP contribution in [0.15, 0.2) is 17.2 Å². The number of carboxylic acid groups (broad SMARTS) is 1. The summed E-state index contributed by atoms with van der Waals surface area (Å²) in [7, 11) is 0. The van der Waals surface area contributed by atoms with Crippen molar-refractivity contribution in [2.45, 2.75) is 13.5 Å². The Balaban J connectivity index is 2.76. The van der Waals surface area contributed by atoms with Crippen LogP contribution in [0, 0.1) is 6.92 Å². The first-order chi connectivity index (χ1) is 7.09. The van der Waals surface area contributed by atoms with E-state index in [0.29, 0.717) is 5.69 Å². The summed E-state index contributed by atoms with van der Waals surface area (Å²) in [5, 5.41) is 12.4. The van der Waals surface area contributed by atoms with Gasteiger partial charge in [-0.15, -0.1) is 0 Å². The summed E-state index contributed by atoms with van der Waals surface area (Å²) in [6.45, 7) is 1.41. The van der Waals surface area contributed by atoms with Gasteiger partial charge in [0.05, 0.1) is 0 Å². The molecular formula is C8H8N4O3. The van der Waals surface area contributed by atoms with E-state index in [1.807, 2.05) is 0 Å². The lowest BCUT2D eigenvalue weighted by atomic mass is 10.4. The molecule has 0 radical (unpaired) electrons. The van der Waals surface area contributed by atoms with E-state index in [1.165, 1.54) is 17.0 Å². The normalized spacial score (nSPS) is 10.7. The number of fused-ring (bicyclic) bond motifs is 1. The van der Waals surface area contributed by atoms with Gasteiger partial charge in [0.15, 0.2) is 0 Å². The van der Waals surface area contributed by atoms with E-state index < -0.39 is 5.97 Å². The van der Waals surface area contributed by atoms with E-state index in [4.69, 9.17) is 5.11 Å². The molecule has 78 valence electrons. The van der Waals surface area contributed by atoms with E-state index in [0.717, 1.165) is 4.52 Å². The SMILES string of the molecule is Cc1cc(=O)n2ncnc2n1CC(=O)O. The second-order valence-electron chi connectivity index (χ2n) is 3.08. The molecule has 0 aliphatic heterocycles. The Hall–Kier alpha value is -2.18. The van der Waals surface area contributed by atoms with Crippen molar-refractivity contribution in [2.75, 3.05) is 0 Å². The fraction of sp³-hybridized carbons (Fsp3) is 0.250. The Labute approximate surface area is 83.6 Å². The lowest BCUT2D eigenvalue weighted by Crippen LogP contribution is -2.22. The summed E-state index contributed by atoms with van der Waals surface area (Å²) >= 11 is 0. The van der Waals surface area contributed by atoms with Gasteiger partial charge in [-0.05, 0) is 6.92 Å². The Morgan fingerprint density at radius 2 is 2.33 bits per heavy atom. The van der Waals surface area contributed by atoms with Crippen molar-refractivity contribution in [1.82, 2.24) is 19.2 Å². The Kier molecular flexibility index (Phi) is 2.00. The Morgan fingerprint density at radius 3 is 3.00 bits per heavy atom. The molecule has 2 aromatic heterocycles. The number of rotatable bonds is 2. The average molecular weight is 208 g/mol. The summed E-state index contributed by atoms with van der Waals surface area (Å²) in [5.74, 6) is -0.756. The van der Waals surface area contributed by atoms with Gasteiger partial charge in [0.2, 0.25) is 5.78 Å². The summed E-state index contributed by atoms with van der Waals surface area (Å²) in [6, 6.07) is 1.32. The van der Waals surface area contributed by atoms with Gasteiger partial charge >= 0.3 is 5.97 Å². The third kappa shape index (κ3) is 1.47. The number of carboxylic acids is 1. The van der Waals surface area contributed by atoms with Crippen LogP contribution in [0.2, 0.25) is 0 Å². The zero-order chi connectivity index (χ0) is 11.0. The number of hydrogen-bond donors (Lipinski definition) is 1. The number of carbonyl (C=O) groups is 1. The maximum absolute atomic E-state index is 11.4. The zero-order valence-corrected chi connectivity index (χ0v) is 7.91. The van der Waals surface area contributed by atoms with Gasteiger partial charge in [-0.2, -0.15) is 14.6 Å². The van der Waals surface area contributed by atoms with Gasteiger partial charge < -0.3 is 9.67 Å². The minimum Gasteiger partial charge on any atom is -0.480 e. The molecular weight excluding hydrogens is 200 g/mol. The van der Waals surface area contributed by atoms with E-state index in [9.17, 15) is 9.59 Å². The van der Waals surface area contributed by atoms with Crippen LogP contribution < -0.4 is 5.56 Å². The summed E-state index contributed by atoms with van der Waals surface area (Å²) in [6.07, 6.45) is 1.22. The summed E-state index contributed by atoms with van der Waals surface area (Å²) in [4.78, 5) is 25.9. The quantitative estimate of drug-likeness (QED) is 0.703. The van der Waals surface area contributed by atoms with Gasteiger partial charge in [0.25, 0.3) is 5.56 Å². The van der Waals surface area contributed by atoms with Crippen LogP contribution in [0.25, 0.3) is 5.78 Å². The molecule has 0 spiro atoms. The molecule has 0 fully saturated rings. The average Bonchev–Trinajstić information content (AvgIpc) is 2.60. The number of aliphatic carboxylic acids is 1. The fourth-order valence-corrected chi connectivity index (χ4v) is 1.38. The van der Waals surface area contributed by atoms with Crippen LogP contribution in [0.3, 0.4) is 0 Å². The van der Waals surface area contributed by atoms with E-state index in [-0.39, 0.29) is 17.9 Å². The molecule has 0 amide bonds. The maximum Gasteiger partial charge on any atom is 0.323 e. The minimum atomic E-state index is -0.994. The molecule has 7 nitrogen and oxygen atoms in total. The second kappa shape index (κ2) is 3.19. The maximum atomic E-state index is 11.4. The van der Waals surface area contributed by atoms with Crippen LogP contribution in [-0.4, -0.2) is 30.2 Å². The van der Waals surface area contributed by atoms with Crippen LogP contribution in [0.1, 0.15) is 5.69 Å². The lowest BCUT2D eigenvalue weighted by molar-refractivity contribution is -0.137. The highest BCUT2D eigenvalue weighted by molar-refractivity contribution is 5.67. The van der Waals surface area contributed by atoms with Crippen molar-refractivity contribution < 1.29 is 9.90 Å². The van der Waals surface area contributed by atoms with Crippen molar-refractivity contribution in [3.05, 3.63) is 28.4 Å². The highest BCUT2D eigenvalue weighted by atomic mass is 16.4. The van der Waals surface area contributed by atoms with Crippen molar-refractivity contribution in [2.24, 2.45) is 0 Å². The third-order valence-corrected chi connectivity index (χ3v) is 2.03. The van der Waals surface area contributed by atoms with Crippen LogP contribution in [0.5, 0.6) is 0 Å². The smallest absolute Gasteiger partial charge is 0.323 e. The molecule has 2 aromatic rings. The molecule has 0 saturated heterocycles. The van der Waals surface area contributed by atoms with Crippen molar-refractivity contribution >= 4 is 11.7 Å². The predicted octanol–water partition coefficient (Wildman–Crippen LogP) is -0.716. The lowest BCUT2D eigenvalue weighted by Gasteiger charge is -2.07. The molecule has 0 saturated carbocycles. The molecule has 0 aliphatic rings. The molecule has 2 heterocycles. The van der Waals surface area contributed by atoms with Gasteiger partial charge in [0.1, 0.15) is 12.9 Å². The topological polar surface area (TPSA) is 89.5 Å². The summed E-state index contributed by atoms with van der Waals surface area (Å²) < 4.78 is 2.48. The number of nitrogens with zero attached hydrogens (tertiary/aromatic N) is 4. The van der Waals surface area contributed by atoms with Crippen LogP contribution >= 0.6 is 0 Å². The van der Waals surface area contributed by atoms with E-state index in [2.05, 4.69) is 10.1 Å². The Morgan fingerprint density at radius 1 is 1.60 bits per heavy atom. The zero-order valence-electron chi connectivity index (χ0n) is 7.91. The first-order valence-corrected chi connectivity index (χ1v) is 4.21. The number of hydrogen-bond acceptors (Lipinski definition) is 4. The first-order valence-electron chi connectivity index (χ1n) is 4.21. The number of aryl methyl sites for hydroxylation is 1. The molecule has 15 heavy (non-hydrogen) atoms. The molecule has 0 bridgehead atoms. The second-order valence-corrected chi connectivity index (χ2v) is 3.08. The van der Waals surface area contributed by atoms with Crippen molar-refractivity contribution in [3.8, 4) is 0 Å². The van der Waals surface area contributed by atoms with E-state index in [1.54, 1.807) is 6.92 Å². The standard InChI is InChI=1S/C8H8N4O3/c1-5-2-6(13)12-8(9-4-10-12)11(5)3-7(14)15/h2,4H,3H2,1H3,(H,14,15). The van der Waals surface area contributed by atoms with Gasteiger partial charge in [-0.1, -0.05) is 0 Å². The van der Waals surface area contributed by atoms with Gasteiger partial charge in [-0.3, -0.25) is 9.59 Å². The molecule has 0 aromatic carbocycles. The monoisotopic (exact) mass is 208 g/mol. The molecule has 1 N–H and O–H groups in total. The first kappa shape index (κ1) is 9.38. The third-order valence-electron chi connectivity index (χ3n) is 2.03. The molecule has 0 aliphatic carbocycles. The highest BCUT2D eigenvalue weighted by Gasteiger charge is 2.10. The molecule has 0 atom stereocenters. The minimum absolute atomic E-state index is 0.238.